The zero-order chi connectivity index (χ0) is 13.8. The van der Waals surface area contributed by atoms with E-state index in [1.165, 1.54) is 0 Å². The van der Waals surface area contributed by atoms with E-state index in [2.05, 4.69) is 36.8 Å². The van der Waals surface area contributed by atoms with E-state index in [4.69, 9.17) is 10.5 Å². The summed E-state index contributed by atoms with van der Waals surface area (Å²) in [6, 6.07) is 9.71. The van der Waals surface area contributed by atoms with Gasteiger partial charge in [0.1, 0.15) is 5.75 Å². The van der Waals surface area contributed by atoms with Crippen LogP contribution in [0.4, 0.5) is 0 Å². The Hall–Kier alpha value is -0.910. The minimum Gasteiger partial charge on any atom is -0.497 e. The predicted octanol–water partition coefficient (Wildman–Crippen LogP) is 3.86. The van der Waals surface area contributed by atoms with Gasteiger partial charge in [0.05, 0.1) is 18.8 Å². The molecule has 3 nitrogen and oxygen atoms in total. The van der Waals surface area contributed by atoms with Crippen molar-refractivity contribution >= 4 is 31.9 Å². The third kappa shape index (κ3) is 3.78. The molecule has 0 bridgehead atoms. The highest BCUT2D eigenvalue weighted by atomic mass is 79.9. The molecule has 1 heterocycles. The van der Waals surface area contributed by atoms with Crippen LogP contribution in [0.15, 0.2) is 45.5 Å². The number of halogens is 2. The smallest absolute Gasteiger partial charge is 0.119 e. The minimum atomic E-state index is -0.158. The van der Waals surface area contributed by atoms with E-state index in [0.717, 1.165) is 26.0 Å². The van der Waals surface area contributed by atoms with E-state index in [0.29, 0.717) is 6.42 Å². The second-order valence-corrected chi connectivity index (χ2v) is 5.95. The van der Waals surface area contributed by atoms with Gasteiger partial charge in [0.15, 0.2) is 0 Å². The van der Waals surface area contributed by atoms with Crippen LogP contribution in [0, 0.1) is 0 Å². The quantitative estimate of drug-likeness (QED) is 0.869. The number of benzene rings is 1. The van der Waals surface area contributed by atoms with Crippen LogP contribution in [0.25, 0.3) is 0 Å². The van der Waals surface area contributed by atoms with E-state index in [-0.39, 0.29) is 6.04 Å². The van der Waals surface area contributed by atoms with Gasteiger partial charge in [-0.15, -0.1) is 0 Å². The summed E-state index contributed by atoms with van der Waals surface area (Å²) in [6.07, 6.45) is 2.47. The molecule has 0 aliphatic heterocycles. The number of rotatable bonds is 4. The average Bonchev–Trinajstić information content (AvgIpc) is 2.38. The molecule has 100 valence electrons. The molecule has 0 amide bonds. The van der Waals surface area contributed by atoms with Gasteiger partial charge in [0.25, 0.3) is 0 Å². The first-order valence-electron chi connectivity index (χ1n) is 5.79. The van der Waals surface area contributed by atoms with Gasteiger partial charge in [-0.3, -0.25) is 4.98 Å². The number of nitrogens with zero attached hydrogens (tertiary/aromatic N) is 1. The van der Waals surface area contributed by atoms with Crippen molar-refractivity contribution in [3.63, 3.8) is 0 Å². The monoisotopic (exact) mass is 384 g/mol. The Bertz CT molecular complexity index is 575. The van der Waals surface area contributed by atoms with Gasteiger partial charge >= 0.3 is 0 Å². The molecule has 5 heteroatoms. The Morgan fingerprint density at radius 3 is 2.79 bits per heavy atom. The van der Waals surface area contributed by atoms with Crippen molar-refractivity contribution in [1.29, 1.82) is 0 Å². The molecule has 2 N–H and O–H groups in total. The second kappa shape index (κ2) is 6.50. The summed E-state index contributed by atoms with van der Waals surface area (Å²) < 4.78 is 7.05. The lowest BCUT2D eigenvalue weighted by molar-refractivity contribution is 0.414. The summed E-state index contributed by atoms with van der Waals surface area (Å²) in [7, 11) is 1.66. The number of methoxy groups -OCH3 is 1. The molecule has 1 unspecified atom stereocenters. The van der Waals surface area contributed by atoms with E-state index >= 15 is 0 Å². The molecule has 0 fully saturated rings. The van der Waals surface area contributed by atoms with Crippen LogP contribution < -0.4 is 10.5 Å². The van der Waals surface area contributed by atoms with Crippen molar-refractivity contribution in [3.05, 3.63) is 56.7 Å². The van der Waals surface area contributed by atoms with Crippen LogP contribution in [-0.2, 0) is 6.42 Å². The number of hydrogen-bond acceptors (Lipinski definition) is 3. The van der Waals surface area contributed by atoms with Crippen molar-refractivity contribution in [1.82, 2.24) is 4.98 Å². The highest BCUT2D eigenvalue weighted by Gasteiger charge is 2.13. The predicted molar refractivity (Wildman–Crippen MR) is 83.3 cm³/mol. The molecule has 19 heavy (non-hydrogen) atoms. The number of ether oxygens (including phenoxy) is 1. The number of pyridine rings is 1. The van der Waals surface area contributed by atoms with Crippen LogP contribution in [-0.4, -0.2) is 12.1 Å². The van der Waals surface area contributed by atoms with Gasteiger partial charge in [0.2, 0.25) is 0 Å². The summed E-state index contributed by atoms with van der Waals surface area (Å²) in [5, 5.41) is 0. The minimum absolute atomic E-state index is 0.158. The molecule has 1 aromatic carbocycles. The maximum absolute atomic E-state index is 6.22. The molecule has 0 saturated heterocycles. The largest absolute Gasteiger partial charge is 0.497 e. The van der Waals surface area contributed by atoms with E-state index in [1.807, 2.05) is 30.3 Å². The van der Waals surface area contributed by atoms with Crippen molar-refractivity contribution in [2.45, 2.75) is 12.5 Å². The lowest BCUT2D eigenvalue weighted by Gasteiger charge is -2.13. The fourth-order valence-electron chi connectivity index (χ4n) is 1.85. The summed E-state index contributed by atoms with van der Waals surface area (Å²) in [5.41, 5.74) is 8.20. The lowest BCUT2D eigenvalue weighted by Crippen LogP contribution is -2.15. The Labute approximate surface area is 129 Å². The van der Waals surface area contributed by atoms with Gasteiger partial charge in [-0.1, -0.05) is 12.1 Å². The normalized spacial score (nSPS) is 12.2. The zero-order valence-corrected chi connectivity index (χ0v) is 13.6. The van der Waals surface area contributed by atoms with E-state index in [1.54, 1.807) is 13.3 Å². The maximum Gasteiger partial charge on any atom is 0.119 e. The average molecular weight is 386 g/mol. The summed E-state index contributed by atoms with van der Waals surface area (Å²) in [5.74, 6) is 0.840. The number of nitrogens with two attached hydrogens (primary N) is 1. The molecule has 0 aliphatic rings. The fourth-order valence-corrected chi connectivity index (χ4v) is 3.13. The molecule has 2 rings (SSSR count). The third-order valence-electron chi connectivity index (χ3n) is 2.78. The van der Waals surface area contributed by atoms with Crippen LogP contribution >= 0.6 is 31.9 Å². The van der Waals surface area contributed by atoms with Crippen LogP contribution in [0.2, 0.25) is 0 Å². The third-order valence-corrected chi connectivity index (χ3v) is 3.85. The molecular weight excluding hydrogens is 372 g/mol. The fraction of sp³-hybridized carbons (Fsp3) is 0.214. The van der Waals surface area contributed by atoms with Crippen molar-refractivity contribution in [3.8, 4) is 5.75 Å². The van der Waals surface area contributed by atoms with E-state index < -0.39 is 0 Å². The highest BCUT2D eigenvalue weighted by Crippen LogP contribution is 2.26. The standard InChI is InChI=1S/C14H14Br2N2O/c1-19-11-4-2-3-9(5-11)6-13(17)14-12(16)7-10(15)8-18-14/h2-5,7-8,13H,6,17H2,1H3. The summed E-state index contributed by atoms with van der Waals surface area (Å²) >= 11 is 6.87. The Balaban J connectivity index is 2.17. The number of aromatic nitrogens is 1. The lowest BCUT2D eigenvalue weighted by atomic mass is 10.0. The second-order valence-electron chi connectivity index (χ2n) is 4.18. The highest BCUT2D eigenvalue weighted by molar-refractivity contribution is 9.11. The molecule has 1 atom stereocenters. The Morgan fingerprint density at radius 1 is 1.32 bits per heavy atom. The molecule has 1 aromatic heterocycles. The van der Waals surface area contributed by atoms with Gasteiger partial charge in [0, 0.05) is 15.1 Å². The SMILES string of the molecule is COc1cccc(CC(N)c2ncc(Br)cc2Br)c1. The molecule has 0 aliphatic carbocycles. The van der Waals surface area contributed by atoms with Crippen molar-refractivity contribution in [2.75, 3.05) is 7.11 Å². The van der Waals surface area contributed by atoms with Crippen molar-refractivity contribution in [2.24, 2.45) is 5.73 Å². The number of hydrogen-bond donors (Lipinski definition) is 1. The topological polar surface area (TPSA) is 48.1 Å². The first-order valence-corrected chi connectivity index (χ1v) is 7.38. The molecule has 0 radical (unpaired) electrons. The van der Waals surface area contributed by atoms with Crippen LogP contribution in [0.1, 0.15) is 17.3 Å². The van der Waals surface area contributed by atoms with Gasteiger partial charge < -0.3 is 10.5 Å². The Morgan fingerprint density at radius 2 is 2.11 bits per heavy atom. The molecular formula is C14H14Br2N2O. The Kier molecular flexibility index (Phi) is 4.96. The molecule has 0 spiro atoms. The van der Waals surface area contributed by atoms with Gasteiger partial charge in [-0.05, 0) is 62.0 Å². The summed E-state index contributed by atoms with van der Waals surface area (Å²) in [6.45, 7) is 0. The summed E-state index contributed by atoms with van der Waals surface area (Å²) in [4.78, 5) is 4.37. The first-order chi connectivity index (χ1) is 9.10. The van der Waals surface area contributed by atoms with Gasteiger partial charge in [-0.25, -0.2) is 0 Å². The molecule has 0 saturated carbocycles. The van der Waals surface area contributed by atoms with Gasteiger partial charge in [-0.2, -0.15) is 0 Å². The van der Waals surface area contributed by atoms with Crippen LogP contribution in [0.3, 0.4) is 0 Å². The van der Waals surface area contributed by atoms with Crippen LogP contribution in [0.5, 0.6) is 5.75 Å². The zero-order valence-electron chi connectivity index (χ0n) is 10.4. The maximum atomic E-state index is 6.22. The van der Waals surface area contributed by atoms with Crippen molar-refractivity contribution < 1.29 is 4.74 Å². The molecule has 2 aromatic rings. The van der Waals surface area contributed by atoms with E-state index in [9.17, 15) is 0 Å². The first kappa shape index (κ1) is 14.5.